The first kappa shape index (κ1) is 19.8. The van der Waals surface area contributed by atoms with Crippen LogP contribution in [0.4, 0.5) is 0 Å². The Bertz CT molecular complexity index is 1130. The number of aromatic nitrogens is 4. The van der Waals surface area contributed by atoms with Gasteiger partial charge in [-0.1, -0.05) is 80.5 Å². The van der Waals surface area contributed by atoms with Crippen molar-refractivity contribution in [3.8, 4) is 28.7 Å². The van der Waals surface area contributed by atoms with Gasteiger partial charge in [-0.25, -0.2) is 4.98 Å². The highest BCUT2D eigenvalue weighted by atomic mass is 16.5. The summed E-state index contributed by atoms with van der Waals surface area (Å²) < 4.78 is 11.2. The molecule has 6 nitrogen and oxygen atoms in total. The third-order valence-electron chi connectivity index (χ3n) is 4.68. The van der Waals surface area contributed by atoms with Gasteiger partial charge in [-0.15, -0.1) is 0 Å². The van der Waals surface area contributed by atoms with Gasteiger partial charge in [0, 0.05) is 22.9 Å². The molecule has 0 atom stereocenters. The van der Waals surface area contributed by atoms with E-state index in [9.17, 15) is 0 Å². The molecule has 0 aliphatic heterocycles. The Morgan fingerprint density at radius 2 is 1.53 bits per heavy atom. The molecule has 0 bridgehead atoms. The zero-order chi connectivity index (χ0) is 21.1. The van der Waals surface area contributed by atoms with Gasteiger partial charge < -0.3 is 9.26 Å². The van der Waals surface area contributed by atoms with E-state index in [0.717, 1.165) is 16.8 Å². The smallest absolute Gasteiger partial charge is 0.264 e. The van der Waals surface area contributed by atoms with Gasteiger partial charge in [0.1, 0.15) is 0 Å². The van der Waals surface area contributed by atoms with Crippen molar-refractivity contribution in [1.82, 2.24) is 20.1 Å². The quantitative estimate of drug-likeness (QED) is 0.448. The summed E-state index contributed by atoms with van der Waals surface area (Å²) in [6.45, 7) is 8.60. The van der Waals surface area contributed by atoms with Crippen molar-refractivity contribution in [2.45, 2.75) is 39.7 Å². The fourth-order valence-corrected chi connectivity index (χ4v) is 3.02. The summed E-state index contributed by atoms with van der Waals surface area (Å²) in [6.07, 6.45) is 0. The van der Waals surface area contributed by atoms with E-state index in [1.165, 1.54) is 5.56 Å². The van der Waals surface area contributed by atoms with E-state index < -0.39 is 0 Å². The Morgan fingerprint density at radius 3 is 2.23 bits per heavy atom. The first-order valence-electron chi connectivity index (χ1n) is 9.86. The largest absolute Gasteiger partial charge is 0.467 e. The van der Waals surface area contributed by atoms with E-state index in [1.54, 1.807) is 6.07 Å². The number of nitrogens with zero attached hydrogens (tertiary/aromatic N) is 4. The molecule has 0 saturated carbocycles. The third-order valence-corrected chi connectivity index (χ3v) is 4.68. The molecule has 0 amide bonds. The van der Waals surface area contributed by atoms with Gasteiger partial charge >= 0.3 is 0 Å². The zero-order valence-corrected chi connectivity index (χ0v) is 17.6. The summed E-state index contributed by atoms with van der Waals surface area (Å²) in [5.41, 5.74) is 4.02. The molecule has 30 heavy (non-hydrogen) atoms. The molecule has 2 aromatic heterocycles. The van der Waals surface area contributed by atoms with Crippen molar-refractivity contribution in [2.75, 3.05) is 0 Å². The average Bonchev–Trinajstić information content (AvgIpc) is 3.21. The molecule has 0 saturated heterocycles. The van der Waals surface area contributed by atoms with Crippen LogP contribution in [-0.2, 0) is 12.0 Å². The molecule has 0 radical (unpaired) electrons. The van der Waals surface area contributed by atoms with Crippen molar-refractivity contribution in [2.24, 2.45) is 0 Å². The summed E-state index contributed by atoms with van der Waals surface area (Å²) in [7, 11) is 0. The van der Waals surface area contributed by atoms with Crippen LogP contribution < -0.4 is 4.74 Å². The zero-order valence-electron chi connectivity index (χ0n) is 17.6. The van der Waals surface area contributed by atoms with Crippen LogP contribution in [0.3, 0.4) is 0 Å². The lowest BCUT2D eigenvalue weighted by Crippen LogP contribution is -2.10. The maximum atomic E-state index is 5.80. The van der Waals surface area contributed by atoms with E-state index in [4.69, 9.17) is 9.26 Å². The molecule has 0 spiro atoms. The number of ether oxygens (including phenoxy) is 1. The summed E-state index contributed by atoms with van der Waals surface area (Å²) in [6, 6.07) is 19.8. The predicted octanol–water partition coefficient (Wildman–Crippen LogP) is 5.38. The van der Waals surface area contributed by atoms with E-state index in [1.807, 2.05) is 49.4 Å². The van der Waals surface area contributed by atoms with Crippen molar-refractivity contribution in [1.29, 1.82) is 0 Å². The third kappa shape index (κ3) is 4.54. The Hall–Kier alpha value is -3.54. The minimum absolute atomic E-state index is 0.100. The number of rotatable bonds is 5. The maximum Gasteiger partial charge on any atom is 0.264 e. The summed E-state index contributed by atoms with van der Waals surface area (Å²) in [5.74, 6) is 2.02. The molecule has 4 rings (SSSR count). The van der Waals surface area contributed by atoms with Crippen molar-refractivity contribution < 1.29 is 9.26 Å². The Labute approximate surface area is 176 Å². The van der Waals surface area contributed by atoms with Crippen LogP contribution in [0.2, 0.25) is 0 Å². The van der Waals surface area contributed by atoms with E-state index >= 15 is 0 Å². The van der Waals surface area contributed by atoms with Crippen LogP contribution in [0.15, 0.2) is 65.2 Å². The lowest BCUT2D eigenvalue weighted by atomic mass is 9.87. The first-order chi connectivity index (χ1) is 14.4. The highest BCUT2D eigenvalue weighted by molar-refractivity contribution is 5.56. The molecule has 0 unspecified atom stereocenters. The highest BCUT2D eigenvalue weighted by Crippen LogP contribution is 2.25. The molecule has 2 aromatic carbocycles. The molecule has 2 heterocycles. The summed E-state index contributed by atoms with van der Waals surface area (Å²) >= 11 is 0. The second-order valence-corrected chi connectivity index (χ2v) is 8.16. The molecule has 0 aliphatic carbocycles. The molecular weight excluding hydrogens is 376 g/mol. The van der Waals surface area contributed by atoms with Gasteiger partial charge in [-0.05, 0) is 17.9 Å². The molecule has 4 aromatic rings. The van der Waals surface area contributed by atoms with Crippen molar-refractivity contribution in [3.63, 3.8) is 0 Å². The Kier molecular flexibility index (Phi) is 5.31. The maximum absolute atomic E-state index is 5.80. The van der Waals surface area contributed by atoms with Crippen LogP contribution >= 0.6 is 0 Å². The average molecular weight is 400 g/mol. The van der Waals surface area contributed by atoms with Crippen LogP contribution in [0.5, 0.6) is 5.88 Å². The highest BCUT2D eigenvalue weighted by Gasteiger charge is 2.15. The van der Waals surface area contributed by atoms with Gasteiger partial charge in [-0.2, -0.15) is 9.97 Å². The SMILES string of the molecule is Cc1cc(OCc2nc(-c3ccc(C(C)(C)C)cc3)no2)nc(-c2ccccc2)n1. The Morgan fingerprint density at radius 1 is 0.833 bits per heavy atom. The lowest BCUT2D eigenvalue weighted by Gasteiger charge is -2.18. The first-order valence-corrected chi connectivity index (χ1v) is 9.86. The van der Waals surface area contributed by atoms with E-state index in [-0.39, 0.29) is 12.0 Å². The molecule has 152 valence electrons. The van der Waals surface area contributed by atoms with Gasteiger partial charge in [0.15, 0.2) is 12.4 Å². The lowest BCUT2D eigenvalue weighted by molar-refractivity contribution is 0.235. The van der Waals surface area contributed by atoms with Gasteiger partial charge in [0.05, 0.1) is 0 Å². The van der Waals surface area contributed by atoms with E-state index in [2.05, 4.69) is 53.0 Å². The standard InChI is InChI=1S/C24H24N4O2/c1-16-14-20(26-22(25-16)17-8-6-5-7-9-17)29-15-21-27-23(28-30-21)18-10-12-19(13-11-18)24(2,3)4/h5-14H,15H2,1-4H3. The number of hydrogen-bond donors (Lipinski definition) is 0. The van der Waals surface area contributed by atoms with Crippen LogP contribution in [0.25, 0.3) is 22.8 Å². The molecule has 6 heteroatoms. The molecule has 0 aliphatic rings. The normalized spacial score (nSPS) is 11.5. The summed E-state index contributed by atoms with van der Waals surface area (Å²) in [4.78, 5) is 13.4. The fourth-order valence-electron chi connectivity index (χ4n) is 3.02. The van der Waals surface area contributed by atoms with Crippen LogP contribution in [-0.4, -0.2) is 20.1 Å². The predicted molar refractivity (Wildman–Crippen MR) is 115 cm³/mol. The minimum atomic E-state index is 0.100. The minimum Gasteiger partial charge on any atom is -0.467 e. The van der Waals surface area contributed by atoms with Gasteiger partial charge in [0.25, 0.3) is 5.89 Å². The number of aryl methyl sites for hydroxylation is 1. The van der Waals surface area contributed by atoms with Crippen molar-refractivity contribution >= 4 is 0 Å². The Balaban J connectivity index is 1.47. The second kappa shape index (κ2) is 8.06. The van der Waals surface area contributed by atoms with Crippen LogP contribution in [0, 0.1) is 6.92 Å². The second-order valence-electron chi connectivity index (χ2n) is 8.16. The molecule has 0 N–H and O–H groups in total. The van der Waals surface area contributed by atoms with Crippen molar-refractivity contribution in [3.05, 3.63) is 77.8 Å². The number of hydrogen-bond acceptors (Lipinski definition) is 6. The topological polar surface area (TPSA) is 73.9 Å². The van der Waals surface area contributed by atoms with Crippen LogP contribution in [0.1, 0.15) is 37.9 Å². The van der Waals surface area contributed by atoms with Gasteiger partial charge in [-0.3, -0.25) is 0 Å². The fraction of sp³-hybridized carbons (Fsp3) is 0.250. The monoisotopic (exact) mass is 400 g/mol. The van der Waals surface area contributed by atoms with E-state index in [0.29, 0.717) is 23.4 Å². The molecule has 0 fully saturated rings. The molecular formula is C24H24N4O2. The van der Waals surface area contributed by atoms with Gasteiger partial charge in [0.2, 0.25) is 11.7 Å². The number of benzene rings is 2. The summed E-state index contributed by atoms with van der Waals surface area (Å²) in [5, 5.41) is 4.07.